The van der Waals surface area contributed by atoms with Crippen LogP contribution < -0.4 is 5.73 Å². The zero-order chi connectivity index (χ0) is 15.6. The average Bonchev–Trinajstić information content (AvgIpc) is 2.54. The van der Waals surface area contributed by atoms with Crippen molar-refractivity contribution in [3.8, 4) is 0 Å². The molecule has 1 aliphatic rings. The van der Waals surface area contributed by atoms with Crippen molar-refractivity contribution in [1.82, 2.24) is 4.90 Å². The molecule has 0 heterocycles. The molecule has 5 heteroatoms. The summed E-state index contributed by atoms with van der Waals surface area (Å²) < 4.78 is 16.6. The zero-order valence-electron chi connectivity index (χ0n) is 14.1. The smallest absolute Gasteiger partial charge is 0.0593 e. The first-order valence-electron chi connectivity index (χ1n) is 8.35. The second-order valence-electron chi connectivity index (χ2n) is 5.74. The fourth-order valence-corrected chi connectivity index (χ4v) is 3.24. The van der Waals surface area contributed by atoms with E-state index in [1.165, 1.54) is 0 Å². The van der Waals surface area contributed by atoms with E-state index in [4.69, 9.17) is 19.9 Å². The van der Waals surface area contributed by atoms with Gasteiger partial charge in [0.2, 0.25) is 0 Å². The van der Waals surface area contributed by atoms with Gasteiger partial charge >= 0.3 is 0 Å². The van der Waals surface area contributed by atoms with Crippen LogP contribution in [0.3, 0.4) is 0 Å². The molecular weight excluding hydrogens is 268 g/mol. The third-order valence-electron chi connectivity index (χ3n) is 4.67. The van der Waals surface area contributed by atoms with Gasteiger partial charge in [0.15, 0.2) is 0 Å². The van der Waals surface area contributed by atoms with Gasteiger partial charge in [0.05, 0.1) is 19.3 Å². The Morgan fingerprint density at radius 3 is 1.95 bits per heavy atom. The lowest BCUT2D eigenvalue weighted by Gasteiger charge is -2.47. The van der Waals surface area contributed by atoms with Gasteiger partial charge in [-0.25, -0.2) is 0 Å². The fraction of sp³-hybridized carbons (Fsp3) is 1.00. The molecule has 0 spiro atoms. The number of ether oxygens (including phenoxy) is 3. The van der Waals surface area contributed by atoms with E-state index in [1.807, 2.05) is 21.0 Å². The highest BCUT2D eigenvalue weighted by molar-refractivity contribution is 4.96. The summed E-state index contributed by atoms with van der Waals surface area (Å²) in [5, 5.41) is 0. The maximum Gasteiger partial charge on any atom is 0.0593 e. The standard InChI is InChI=1S/C16H34N2O3/c1-4-20-12-10-18(11-13-21-5-2)16(14-17)8-6-15(19-3)7-9-16/h15H,4-14,17H2,1-3H3. The summed E-state index contributed by atoms with van der Waals surface area (Å²) in [4.78, 5) is 2.49. The van der Waals surface area contributed by atoms with Crippen LogP contribution in [-0.4, -0.2) is 69.7 Å². The van der Waals surface area contributed by atoms with Crippen molar-refractivity contribution >= 4 is 0 Å². The van der Waals surface area contributed by atoms with Gasteiger partial charge in [-0.15, -0.1) is 0 Å². The van der Waals surface area contributed by atoms with Crippen molar-refractivity contribution in [3.05, 3.63) is 0 Å². The second kappa shape index (κ2) is 10.5. The van der Waals surface area contributed by atoms with Crippen molar-refractivity contribution in [2.75, 3.05) is 53.2 Å². The van der Waals surface area contributed by atoms with E-state index in [9.17, 15) is 0 Å². The van der Waals surface area contributed by atoms with E-state index in [2.05, 4.69) is 4.90 Å². The lowest BCUT2D eigenvalue weighted by atomic mass is 9.79. The van der Waals surface area contributed by atoms with E-state index < -0.39 is 0 Å². The maximum absolute atomic E-state index is 6.17. The van der Waals surface area contributed by atoms with E-state index >= 15 is 0 Å². The number of hydrogen-bond acceptors (Lipinski definition) is 5. The Morgan fingerprint density at radius 1 is 1.05 bits per heavy atom. The average molecular weight is 302 g/mol. The van der Waals surface area contributed by atoms with Crippen LogP contribution in [0.5, 0.6) is 0 Å². The first-order valence-corrected chi connectivity index (χ1v) is 8.35. The predicted molar refractivity (Wildman–Crippen MR) is 85.6 cm³/mol. The highest BCUT2D eigenvalue weighted by Gasteiger charge is 2.39. The molecule has 1 fully saturated rings. The minimum absolute atomic E-state index is 0.0865. The zero-order valence-corrected chi connectivity index (χ0v) is 14.1. The molecule has 0 aromatic rings. The van der Waals surface area contributed by atoms with Crippen LogP contribution in [0, 0.1) is 0 Å². The van der Waals surface area contributed by atoms with Crippen molar-refractivity contribution in [3.63, 3.8) is 0 Å². The van der Waals surface area contributed by atoms with Crippen LogP contribution in [-0.2, 0) is 14.2 Å². The SMILES string of the molecule is CCOCCN(CCOCC)C1(CN)CCC(OC)CC1. The molecule has 1 rings (SSSR count). The molecule has 1 saturated carbocycles. The van der Waals surface area contributed by atoms with Gasteiger partial charge in [0.25, 0.3) is 0 Å². The topological polar surface area (TPSA) is 57.0 Å². The molecule has 2 N–H and O–H groups in total. The second-order valence-corrected chi connectivity index (χ2v) is 5.74. The molecule has 0 aromatic carbocycles. The summed E-state index contributed by atoms with van der Waals surface area (Å²) in [6.45, 7) is 9.67. The molecule has 1 aliphatic carbocycles. The van der Waals surface area contributed by atoms with Crippen LogP contribution in [0.25, 0.3) is 0 Å². The lowest BCUT2D eigenvalue weighted by Crippen LogP contribution is -2.58. The third-order valence-corrected chi connectivity index (χ3v) is 4.67. The Morgan fingerprint density at radius 2 is 1.57 bits per heavy atom. The Labute approximate surface area is 130 Å². The van der Waals surface area contributed by atoms with Crippen LogP contribution in [0.1, 0.15) is 39.5 Å². The van der Waals surface area contributed by atoms with Gasteiger partial charge in [-0.05, 0) is 39.5 Å². The number of nitrogens with zero attached hydrogens (tertiary/aromatic N) is 1. The van der Waals surface area contributed by atoms with Crippen LogP contribution in [0.2, 0.25) is 0 Å². The maximum atomic E-state index is 6.17. The normalized spacial score (nSPS) is 26.4. The summed E-state index contributed by atoms with van der Waals surface area (Å²) in [6, 6.07) is 0. The van der Waals surface area contributed by atoms with Crippen molar-refractivity contribution in [1.29, 1.82) is 0 Å². The molecule has 21 heavy (non-hydrogen) atoms. The quantitative estimate of drug-likeness (QED) is 0.588. The molecule has 0 saturated heterocycles. The van der Waals surface area contributed by atoms with Crippen LogP contribution in [0.4, 0.5) is 0 Å². The minimum atomic E-state index is 0.0865. The first kappa shape index (κ1) is 18.8. The number of hydrogen-bond donors (Lipinski definition) is 1. The van der Waals surface area contributed by atoms with E-state index in [0.29, 0.717) is 12.6 Å². The summed E-state index contributed by atoms with van der Waals surface area (Å²) in [7, 11) is 1.81. The van der Waals surface area contributed by atoms with Crippen molar-refractivity contribution in [2.45, 2.75) is 51.2 Å². The molecule has 0 radical (unpaired) electrons. The van der Waals surface area contributed by atoms with Gasteiger partial charge in [0.1, 0.15) is 0 Å². The molecule has 0 unspecified atom stereocenters. The highest BCUT2D eigenvalue weighted by Crippen LogP contribution is 2.34. The molecule has 0 aliphatic heterocycles. The Balaban J connectivity index is 2.62. The number of rotatable bonds is 11. The Kier molecular flexibility index (Phi) is 9.44. The fourth-order valence-electron chi connectivity index (χ4n) is 3.24. The first-order chi connectivity index (χ1) is 10.2. The van der Waals surface area contributed by atoms with Gasteiger partial charge < -0.3 is 19.9 Å². The van der Waals surface area contributed by atoms with Crippen molar-refractivity contribution in [2.24, 2.45) is 5.73 Å². The molecule has 0 amide bonds. The third kappa shape index (κ3) is 5.83. The van der Waals surface area contributed by atoms with E-state index in [0.717, 1.165) is 65.2 Å². The van der Waals surface area contributed by atoms with E-state index in [1.54, 1.807) is 0 Å². The Bertz CT molecular complexity index is 246. The largest absolute Gasteiger partial charge is 0.381 e. The van der Waals surface area contributed by atoms with Crippen molar-refractivity contribution < 1.29 is 14.2 Å². The lowest BCUT2D eigenvalue weighted by molar-refractivity contribution is -0.0284. The molecule has 0 aromatic heterocycles. The Hall–Kier alpha value is -0.200. The van der Waals surface area contributed by atoms with E-state index in [-0.39, 0.29) is 5.54 Å². The van der Waals surface area contributed by atoms with Crippen LogP contribution >= 0.6 is 0 Å². The highest BCUT2D eigenvalue weighted by atomic mass is 16.5. The van der Waals surface area contributed by atoms with Gasteiger partial charge in [-0.2, -0.15) is 0 Å². The summed E-state index contributed by atoms with van der Waals surface area (Å²) in [6.07, 6.45) is 4.77. The summed E-state index contributed by atoms with van der Waals surface area (Å²) in [5.41, 5.74) is 6.26. The molecule has 0 atom stereocenters. The number of nitrogens with two attached hydrogens (primary N) is 1. The van der Waals surface area contributed by atoms with Gasteiger partial charge in [0, 0.05) is 45.5 Å². The molecule has 5 nitrogen and oxygen atoms in total. The summed E-state index contributed by atoms with van der Waals surface area (Å²) >= 11 is 0. The molecular formula is C16H34N2O3. The summed E-state index contributed by atoms with van der Waals surface area (Å²) in [5.74, 6) is 0. The molecule has 0 bridgehead atoms. The monoisotopic (exact) mass is 302 g/mol. The predicted octanol–water partition coefficient (Wildman–Crippen LogP) is 1.65. The number of methoxy groups -OCH3 is 1. The minimum Gasteiger partial charge on any atom is -0.381 e. The van der Waals surface area contributed by atoms with Gasteiger partial charge in [-0.3, -0.25) is 4.90 Å². The van der Waals surface area contributed by atoms with Gasteiger partial charge in [-0.1, -0.05) is 0 Å². The van der Waals surface area contributed by atoms with Crippen LogP contribution in [0.15, 0.2) is 0 Å². The molecule has 126 valence electrons.